The number of nitrogens with one attached hydrogen (secondary N) is 2. The molecular formula is C26H18N6O3. The van der Waals surface area contributed by atoms with Crippen molar-refractivity contribution in [2.45, 2.75) is 6.42 Å². The van der Waals surface area contributed by atoms with Crippen molar-refractivity contribution >= 4 is 22.4 Å². The third-order valence-corrected chi connectivity index (χ3v) is 6.16. The highest BCUT2D eigenvalue weighted by Gasteiger charge is 2.22. The van der Waals surface area contributed by atoms with Crippen LogP contribution >= 0.6 is 0 Å². The van der Waals surface area contributed by atoms with Gasteiger partial charge in [-0.05, 0) is 48.9 Å². The molecule has 0 bridgehead atoms. The van der Waals surface area contributed by atoms with Crippen molar-refractivity contribution < 1.29 is 14.6 Å². The number of hydrogen-bond acceptors (Lipinski definition) is 8. The zero-order chi connectivity index (χ0) is 23.4. The molecule has 9 heteroatoms. The minimum absolute atomic E-state index is 0.0944. The van der Waals surface area contributed by atoms with E-state index in [-0.39, 0.29) is 12.5 Å². The Balaban J connectivity index is 1.26. The molecule has 0 atom stereocenters. The van der Waals surface area contributed by atoms with Crippen molar-refractivity contribution in [1.29, 1.82) is 0 Å². The minimum Gasteiger partial charge on any atom is -0.506 e. The maximum atomic E-state index is 9.80. The van der Waals surface area contributed by atoms with Gasteiger partial charge >= 0.3 is 0 Å². The molecule has 9 nitrogen and oxygen atoms in total. The first kappa shape index (κ1) is 19.5. The van der Waals surface area contributed by atoms with Crippen LogP contribution in [0.2, 0.25) is 0 Å². The predicted octanol–water partition coefficient (Wildman–Crippen LogP) is 4.53. The van der Waals surface area contributed by atoms with Gasteiger partial charge in [-0.25, -0.2) is 4.98 Å². The molecule has 35 heavy (non-hydrogen) atoms. The number of rotatable bonds is 3. The molecule has 0 aliphatic carbocycles. The predicted molar refractivity (Wildman–Crippen MR) is 130 cm³/mol. The molecule has 6 heterocycles. The van der Waals surface area contributed by atoms with Crippen LogP contribution in [-0.2, 0) is 6.42 Å². The highest BCUT2D eigenvalue weighted by atomic mass is 16.7. The van der Waals surface area contributed by atoms with Crippen LogP contribution in [0.4, 0.5) is 5.69 Å². The Bertz CT molecular complexity index is 1660. The van der Waals surface area contributed by atoms with Gasteiger partial charge in [0.1, 0.15) is 17.0 Å². The molecule has 0 fully saturated rings. The number of nitrogens with zero attached hydrogens (tertiary/aromatic N) is 4. The van der Waals surface area contributed by atoms with Crippen molar-refractivity contribution in [3.05, 3.63) is 78.4 Å². The molecule has 1 aromatic carbocycles. The number of fused-ring (bicyclic) bond motifs is 3. The molecule has 0 amide bonds. The lowest BCUT2D eigenvalue weighted by Crippen LogP contribution is -2.10. The van der Waals surface area contributed by atoms with Gasteiger partial charge in [0.2, 0.25) is 6.79 Å². The van der Waals surface area contributed by atoms with Crippen LogP contribution in [0.15, 0.2) is 67.1 Å². The summed E-state index contributed by atoms with van der Waals surface area (Å²) in [5.74, 6) is 1.57. The summed E-state index contributed by atoms with van der Waals surface area (Å²) in [6.07, 6.45) is 7.64. The first-order valence-electron chi connectivity index (χ1n) is 11.1. The Morgan fingerprint density at radius 1 is 0.914 bits per heavy atom. The van der Waals surface area contributed by atoms with Crippen LogP contribution in [0.1, 0.15) is 11.3 Å². The molecule has 7 rings (SSSR count). The van der Waals surface area contributed by atoms with Gasteiger partial charge in [0.15, 0.2) is 11.5 Å². The number of aromatic nitrogens is 5. The average Bonchev–Trinajstić information content (AvgIpc) is 3.54. The summed E-state index contributed by atoms with van der Waals surface area (Å²) in [7, 11) is 0. The average molecular weight is 462 g/mol. The van der Waals surface area contributed by atoms with Gasteiger partial charge in [0, 0.05) is 34.8 Å². The summed E-state index contributed by atoms with van der Waals surface area (Å²) < 4.78 is 11.0. The Hall–Kier alpha value is -4.92. The van der Waals surface area contributed by atoms with Crippen molar-refractivity contribution in [3.8, 4) is 39.8 Å². The number of hydrogen-bond donors (Lipinski definition) is 3. The molecule has 0 saturated carbocycles. The Kier molecular flexibility index (Phi) is 4.22. The summed E-state index contributed by atoms with van der Waals surface area (Å²) in [6, 6.07) is 13.3. The number of anilines is 1. The van der Waals surface area contributed by atoms with Gasteiger partial charge in [-0.3, -0.25) is 15.1 Å². The van der Waals surface area contributed by atoms with Gasteiger partial charge in [0.25, 0.3) is 0 Å². The van der Waals surface area contributed by atoms with Gasteiger partial charge in [-0.15, -0.1) is 0 Å². The molecule has 170 valence electrons. The first-order valence-corrected chi connectivity index (χ1v) is 11.1. The molecule has 2 aliphatic rings. The highest BCUT2D eigenvalue weighted by Crippen LogP contribution is 2.39. The zero-order valence-corrected chi connectivity index (χ0v) is 18.3. The van der Waals surface area contributed by atoms with E-state index in [0.29, 0.717) is 12.1 Å². The number of ether oxygens (including phenoxy) is 2. The molecular weight excluding hydrogens is 444 g/mol. The second-order valence-corrected chi connectivity index (χ2v) is 8.30. The lowest BCUT2D eigenvalue weighted by atomic mass is 9.97. The van der Waals surface area contributed by atoms with E-state index < -0.39 is 0 Å². The van der Waals surface area contributed by atoms with Gasteiger partial charge in [0.05, 0.1) is 28.8 Å². The third-order valence-electron chi connectivity index (χ3n) is 6.16. The summed E-state index contributed by atoms with van der Waals surface area (Å²) in [6.45, 7) is 0.238. The molecule has 4 aromatic heterocycles. The molecule has 2 aliphatic heterocycles. The minimum atomic E-state index is 0.0944. The fourth-order valence-corrected chi connectivity index (χ4v) is 4.48. The normalized spacial score (nSPS) is 13.9. The van der Waals surface area contributed by atoms with Crippen molar-refractivity contribution in [2.24, 2.45) is 0 Å². The van der Waals surface area contributed by atoms with E-state index in [1.54, 1.807) is 18.5 Å². The quantitative estimate of drug-likeness (QED) is 0.358. The lowest BCUT2D eigenvalue weighted by Gasteiger charge is -2.20. The SMILES string of the molecule is Oc1cncc(-c2ccc3[nH]nc(C4=CCc5c(ccnc5-c5ccc6c(c5)OCO6)N4)c3n2)c1. The van der Waals surface area contributed by atoms with E-state index in [0.717, 1.165) is 62.0 Å². The number of allylic oxidation sites excluding steroid dienone is 1. The van der Waals surface area contributed by atoms with Crippen molar-refractivity contribution in [3.63, 3.8) is 0 Å². The van der Waals surface area contributed by atoms with Crippen LogP contribution in [-0.4, -0.2) is 37.0 Å². The Morgan fingerprint density at radius 3 is 2.80 bits per heavy atom. The zero-order valence-electron chi connectivity index (χ0n) is 18.3. The summed E-state index contributed by atoms with van der Waals surface area (Å²) in [5, 5.41) is 20.9. The van der Waals surface area contributed by atoms with E-state index in [4.69, 9.17) is 14.5 Å². The standard InChI is InChI=1S/C26H18N6O3/c33-16-9-15(11-27-12-16)18-4-5-21-25(30-18)26(32-31-21)20-3-2-17-19(29-20)7-8-28-24(17)14-1-6-22-23(10-14)35-13-34-22/h1,3-12,29,33H,2,13H2,(H,31,32). The fourth-order valence-electron chi connectivity index (χ4n) is 4.48. The summed E-state index contributed by atoms with van der Waals surface area (Å²) >= 11 is 0. The topological polar surface area (TPSA) is 118 Å². The third kappa shape index (κ3) is 3.24. The number of benzene rings is 1. The largest absolute Gasteiger partial charge is 0.506 e. The Labute approximate surface area is 199 Å². The molecule has 3 N–H and O–H groups in total. The molecule has 0 spiro atoms. The highest BCUT2D eigenvalue weighted by molar-refractivity contribution is 5.93. The molecule has 0 saturated heterocycles. The molecule has 0 radical (unpaired) electrons. The maximum absolute atomic E-state index is 9.80. The van der Waals surface area contributed by atoms with Gasteiger partial charge in [-0.2, -0.15) is 5.10 Å². The first-order chi connectivity index (χ1) is 17.2. The van der Waals surface area contributed by atoms with E-state index in [1.807, 2.05) is 36.4 Å². The van der Waals surface area contributed by atoms with Crippen LogP contribution in [0.5, 0.6) is 17.2 Å². The second-order valence-electron chi connectivity index (χ2n) is 8.30. The van der Waals surface area contributed by atoms with Crippen LogP contribution in [0.25, 0.3) is 39.2 Å². The van der Waals surface area contributed by atoms with E-state index in [9.17, 15) is 5.11 Å². The van der Waals surface area contributed by atoms with E-state index in [1.165, 1.54) is 6.20 Å². The molecule has 5 aromatic rings. The number of aromatic amines is 1. The maximum Gasteiger partial charge on any atom is 0.231 e. The summed E-state index contributed by atoms with van der Waals surface area (Å²) in [5.41, 5.74) is 8.51. The number of H-pyrrole nitrogens is 1. The number of pyridine rings is 3. The van der Waals surface area contributed by atoms with Crippen molar-refractivity contribution in [2.75, 3.05) is 12.1 Å². The molecule has 0 unspecified atom stereocenters. The number of aromatic hydroxyl groups is 1. The van der Waals surface area contributed by atoms with Gasteiger partial charge < -0.3 is 19.9 Å². The summed E-state index contributed by atoms with van der Waals surface area (Å²) in [4.78, 5) is 13.5. The lowest BCUT2D eigenvalue weighted by molar-refractivity contribution is 0.174. The van der Waals surface area contributed by atoms with Crippen molar-refractivity contribution in [1.82, 2.24) is 25.1 Å². The smallest absolute Gasteiger partial charge is 0.231 e. The second kappa shape index (κ2) is 7.56. The van der Waals surface area contributed by atoms with Crippen LogP contribution in [0.3, 0.4) is 0 Å². The van der Waals surface area contributed by atoms with E-state index in [2.05, 4.69) is 31.6 Å². The van der Waals surface area contributed by atoms with Gasteiger partial charge in [-0.1, -0.05) is 6.08 Å². The fraction of sp³-hybridized carbons (Fsp3) is 0.0769. The van der Waals surface area contributed by atoms with E-state index >= 15 is 0 Å². The van der Waals surface area contributed by atoms with Crippen LogP contribution < -0.4 is 14.8 Å². The Morgan fingerprint density at radius 2 is 1.86 bits per heavy atom. The van der Waals surface area contributed by atoms with Crippen LogP contribution in [0, 0.1) is 0 Å². The monoisotopic (exact) mass is 462 g/mol.